The second-order valence-corrected chi connectivity index (χ2v) is 2.51. The van der Waals surface area contributed by atoms with Crippen molar-refractivity contribution in [2.75, 3.05) is 0 Å². The Morgan fingerprint density at radius 2 is 2.00 bits per heavy atom. The minimum atomic E-state index is -0.756. The quantitative estimate of drug-likeness (QED) is 0.567. The molecule has 1 amide bonds. The summed E-state index contributed by atoms with van der Waals surface area (Å²) in [5.74, 6) is 0. The summed E-state index contributed by atoms with van der Waals surface area (Å²) in [5.41, 5.74) is 0. The molecule has 0 aromatic heterocycles. The van der Waals surface area contributed by atoms with Gasteiger partial charge in [0.25, 0.3) is 0 Å². The predicted molar refractivity (Wildman–Crippen MR) is 35.2 cm³/mol. The van der Waals surface area contributed by atoms with E-state index in [0.717, 1.165) is 0 Å². The van der Waals surface area contributed by atoms with Crippen LogP contribution in [0.3, 0.4) is 0 Å². The fourth-order valence-electron chi connectivity index (χ4n) is 0.241. The minimum absolute atomic E-state index is 0.197. The van der Waals surface area contributed by atoms with Crippen molar-refractivity contribution in [2.45, 2.75) is 20.0 Å². The van der Waals surface area contributed by atoms with Gasteiger partial charge in [0.2, 0.25) is 0 Å². The summed E-state index contributed by atoms with van der Waals surface area (Å²) in [4.78, 5) is 10.4. The number of halogens is 2. The van der Waals surface area contributed by atoms with E-state index in [1.54, 1.807) is 13.8 Å². The standard InChI is InChI=1S/C4H7Cl2NO2/c1-3(2)9-4(8)7(5)6/h3H,1-2H3. The Morgan fingerprint density at radius 1 is 1.56 bits per heavy atom. The molecule has 0 rings (SSSR count). The lowest BCUT2D eigenvalue weighted by Crippen LogP contribution is -2.17. The van der Waals surface area contributed by atoms with Gasteiger partial charge in [-0.05, 0) is 13.8 Å². The number of carbonyl (C=O) groups excluding carboxylic acids is 1. The SMILES string of the molecule is CC(C)OC(=O)N(Cl)Cl. The van der Waals surface area contributed by atoms with Crippen molar-refractivity contribution in [3.8, 4) is 0 Å². The summed E-state index contributed by atoms with van der Waals surface area (Å²) in [6.07, 6.45) is -0.953. The molecule has 0 spiro atoms. The second-order valence-electron chi connectivity index (χ2n) is 1.67. The first-order valence-electron chi connectivity index (χ1n) is 2.36. The van der Waals surface area contributed by atoms with Crippen molar-refractivity contribution in [3.63, 3.8) is 0 Å². The predicted octanol–water partition coefficient (Wildman–Crippen LogP) is 2.14. The molecule has 54 valence electrons. The lowest BCUT2D eigenvalue weighted by Gasteiger charge is -2.08. The van der Waals surface area contributed by atoms with Crippen LogP contribution in [-0.2, 0) is 4.74 Å². The molecule has 0 fully saturated rings. The van der Waals surface area contributed by atoms with E-state index in [0.29, 0.717) is 3.94 Å². The van der Waals surface area contributed by atoms with Crippen molar-refractivity contribution in [1.29, 1.82) is 0 Å². The van der Waals surface area contributed by atoms with Gasteiger partial charge in [-0.15, -0.1) is 3.94 Å². The van der Waals surface area contributed by atoms with E-state index >= 15 is 0 Å². The van der Waals surface area contributed by atoms with Crippen LogP contribution >= 0.6 is 23.6 Å². The first kappa shape index (κ1) is 8.85. The van der Waals surface area contributed by atoms with Gasteiger partial charge >= 0.3 is 6.09 Å². The number of rotatable bonds is 1. The molecule has 0 atom stereocenters. The van der Waals surface area contributed by atoms with E-state index in [1.165, 1.54) is 0 Å². The zero-order valence-electron chi connectivity index (χ0n) is 5.10. The molecule has 0 heterocycles. The Kier molecular flexibility index (Phi) is 3.73. The number of amides is 1. The molecule has 0 aromatic rings. The van der Waals surface area contributed by atoms with Crippen LogP contribution in [0.25, 0.3) is 0 Å². The topological polar surface area (TPSA) is 29.5 Å². The maximum absolute atomic E-state index is 10.4. The first-order valence-corrected chi connectivity index (χ1v) is 3.04. The molecule has 9 heavy (non-hydrogen) atoms. The van der Waals surface area contributed by atoms with E-state index in [2.05, 4.69) is 4.74 Å². The maximum Gasteiger partial charge on any atom is 0.440 e. The van der Waals surface area contributed by atoms with Crippen LogP contribution in [0, 0.1) is 0 Å². The maximum atomic E-state index is 10.4. The van der Waals surface area contributed by atoms with E-state index < -0.39 is 6.09 Å². The van der Waals surface area contributed by atoms with Crippen molar-refractivity contribution < 1.29 is 9.53 Å². The Labute approximate surface area is 63.7 Å². The van der Waals surface area contributed by atoms with Crippen molar-refractivity contribution in [3.05, 3.63) is 0 Å². The molecule has 0 aliphatic rings. The smallest absolute Gasteiger partial charge is 0.440 e. The van der Waals surface area contributed by atoms with Gasteiger partial charge in [-0.2, -0.15) is 0 Å². The highest BCUT2D eigenvalue weighted by molar-refractivity contribution is 6.40. The highest BCUT2D eigenvalue weighted by Crippen LogP contribution is 2.03. The Bertz CT molecular complexity index is 105. The Morgan fingerprint density at radius 3 is 2.11 bits per heavy atom. The van der Waals surface area contributed by atoms with Gasteiger partial charge in [0.1, 0.15) is 0 Å². The van der Waals surface area contributed by atoms with E-state index in [1.807, 2.05) is 0 Å². The van der Waals surface area contributed by atoms with Crippen molar-refractivity contribution >= 4 is 29.6 Å². The molecule has 5 heteroatoms. The highest BCUT2D eigenvalue weighted by Gasteiger charge is 2.10. The fraction of sp³-hybridized carbons (Fsp3) is 0.750. The summed E-state index contributed by atoms with van der Waals surface area (Å²) in [6, 6.07) is 0. The summed E-state index contributed by atoms with van der Waals surface area (Å²) in [5, 5.41) is 0. The van der Waals surface area contributed by atoms with Gasteiger partial charge in [0.05, 0.1) is 6.10 Å². The molecule has 0 radical (unpaired) electrons. The fourth-order valence-corrected chi connectivity index (χ4v) is 0.321. The van der Waals surface area contributed by atoms with Crippen LogP contribution in [0.15, 0.2) is 0 Å². The Hall–Kier alpha value is -0.150. The van der Waals surface area contributed by atoms with E-state index in [4.69, 9.17) is 23.6 Å². The van der Waals surface area contributed by atoms with Crippen LogP contribution in [-0.4, -0.2) is 16.1 Å². The molecule has 0 bridgehead atoms. The second kappa shape index (κ2) is 3.80. The third-order valence-electron chi connectivity index (χ3n) is 0.475. The van der Waals surface area contributed by atoms with Crippen LogP contribution in [0.2, 0.25) is 0 Å². The molecule has 0 saturated carbocycles. The molecule has 0 unspecified atom stereocenters. The lowest BCUT2D eigenvalue weighted by molar-refractivity contribution is 0.110. The van der Waals surface area contributed by atoms with Crippen LogP contribution in [0.5, 0.6) is 0 Å². The molecule has 0 aromatic carbocycles. The van der Waals surface area contributed by atoms with Gasteiger partial charge in [-0.25, -0.2) is 4.79 Å². The molecular weight excluding hydrogens is 165 g/mol. The van der Waals surface area contributed by atoms with Crippen molar-refractivity contribution in [2.24, 2.45) is 0 Å². The number of carbonyl (C=O) groups is 1. The average molecular weight is 172 g/mol. The largest absolute Gasteiger partial charge is 0.445 e. The number of hydrogen-bond donors (Lipinski definition) is 0. The molecule has 0 aliphatic carbocycles. The zero-order valence-corrected chi connectivity index (χ0v) is 6.61. The lowest BCUT2D eigenvalue weighted by atomic mass is 10.5. The zero-order chi connectivity index (χ0) is 7.44. The average Bonchev–Trinajstić information content (AvgIpc) is 1.63. The minimum Gasteiger partial charge on any atom is -0.445 e. The van der Waals surface area contributed by atoms with E-state index in [-0.39, 0.29) is 6.10 Å². The molecule has 0 saturated heterocycles. The summed E-state index contributed by atoms with van der Waals surface area (Å²) < 4.78 is 4.88. The summed E-state index contributed by atoms with van der Waals surface area (Å²) in [7, 11) is 0. The summed E-state index contributed by atoms with van der Waals surface area (Å²) in [6.45, 7) is 3.41. The number of ether oxygens (including phenoxy) is 1. The Balaban J connectivity index is 3.51. The van der Waals surface area contributed by atoms with Gasteiger partial charge in [-0.1, -0.05) is 0 Å². The van der Waals surface area contributed by atoms with Crippen LogP contribution in [0.4, 0.5) is 4.79 Å². The third-order valence-corrected chi connectivity index (χ3v) is 0.751. The normalized spacial score (nSPS) is 9.44. The molecule has 0 N–H and O–H groups in total. The van der Waals surface area contributed by atoms with Gasteiger partial charge in [0.15, 0.2) is 0 Å². The number of nitrogens with zero attached hydrogens (tertiary/aromatic N) is 1. The third kappa shape index (κ3) is 4.36. The number of hydrogen-bond acceptors (Lipinski definition) is 2. The van der Waals surface area contributed by atoms with E-state index in [9.17, 15) is 4.79 Å². The van der Waals surface area contributed by atoms with Gasteiger partial charge in [-0.3, -0.25) is 0 Å². The van der Waals surface area contributed by atoms with Gasteiger partial charge in [0, 0.05) is 23.6 Å². The monoisotopic (exact) mass is 171 g/mol. The summed E-state index contributed by atoms with van der Waals surface area (Å²) >= 11 is 9.99. The van der Waals surface area contributed by atoms with Crippen LogP contribution in [0.1, 0.15) is 13.8 Å². The molecule has 3 nitrogen and oxygen atoms in total. The van der Waals surface area contributed by atoms with Crippen molar-refractivity contribution in [1.82, 2.24) is 3.94 Å². The molecular formula is C4H7Cl2NO2. The van der Waals surface area contributed by atoms with Crippen LogP contribution < -0.4 is 0 Å². The first-order chi connectivity index (χ1) is 4.04. The molecule has 0 aliphatic heterocycles. The highest BCUT2D eigenvalue weighted by atomic mass is 35.5. The van der Waals surface area contributed by atoms with Gasteiger partial charge < -0.3 is 4.74 Å².